The molecule has 6 heteroatoms. The van der Waals surface area contributed by atoms with Gasteiger partial charge < -0.3 is 5.11 Å². The van der Waals surface area contributed by atoms with E-state index in [1.807, 2.05) is 0 Å². The molecule has 17 heavy (non-hydrogen) atoms. The molecule has 1 aromatic rings. The molecule has 0 spiro atoms. The normalized spacial score (nSPS) is 11.6. The summed E-state index contributed by atoms with van der Waals surface area (Å²) in [7, 11) is 0. The molecule has 0 radical (unpaired) electrons. The first-order valence-electron chi connectivity index (χ1n) is 4.72. The predicted molar refractivity (Wildman–Crippen MR) is 56.4 cm³/mol. The van der Waals surface area contributed by atoms with Gasteiger partial charge in [0.15, 0.2) is 5.82 Å². The third-order valence-corrected chi connectivity index (χ3v) is 2.75. The molecule has 0 aliphatic rings. The summed E-state index contributed by atoms with van der Waals surface area (Å²) in [5, 5.41) is 8.03. The molecule has 0 bridgehead atoms. The van der Waals surface area contributed by atoms with Gasteiger partial charge in [0.1, 0.15) is 16.7 Å². The van der Waals surface area contributed by atoms with Crippen molar-refractivity contribution in [3.05, 3.63) is 34.1 Å². The van der Waals surface area contributed by atoms with Gasteiger partial charge in [0.25, 0.3) is 0 Å². The van der Waals surface area contributed by atoms with E-state index in [-0.39, 0.29) is 0 Å². The molecule has 0 unspecified atom stereocenters. The molecule has 0 atom stereocenters. The average Bonchev–Trinajstić information content (AvgIpc) is 2.21. The van der Waals surface area contributed by atoms with Gasteiger partial charge in [0, 0.05) is 11.6 Å². The Morgan fingerprint density at radius 3 is 2.35 bits per heavy atom. The van der Waals surface area contributed by atoms with Crippen LogP contribution in [-0.2, 0) is 11.2 Å². The van der Waals surface area contributed by atoms with Crippen LogP contribution in [0, 0.1) is 22.9 Å². The Balaban J connectivity index is 3.25. The third-order valence-electron chi connectivity index (χ3n) is 2.41. The summed E-state index contributed by atoms with van der Waals surface area (Å²) in [5.74, 6) is -4.81. The molecular weight excluding hydrogens is 257 g/mol. The first-order chi connectivity index (χ1) is 7.66. The van der Waals surface area contributed by atoms with Crippen LogP contribution in [0.5, 0.6) is 0 Å². The highest BCUT2D eigenvalue weighted by molar-refractivity contribution is 6.30. The molecule has 1 N–H and O–H groups in total. The van der Waals surface area contributed by atoms with Crippen molar-refractivity contribution in [1.82, 2.24) is 0 Å². The molecular formula is C11H10ClF3O2. The van der Waals surface area contributed by atoms with Gasteiger partial charge in [-0.1, -0.05) is 11.6 Å². The van der Waals surface area contributed by atoms with E-state index in [1.54, 1.807) is 0 Å². The number of carbonyl (C=O) groups is 1. The fourth-order valence-electron chi connectivity index (χ4n) is 1.28. The lowest BCUT2D eigenvalue weighted by molar-refractivity contribution is -0.146. The van der Waals surface area contributed by atoms with E-state index in [0.29, 0.717) is 6.07 Å². The minimum atomic E-state index is -1.37. The minimum absolute atomic E-state index is 0.417. The highest BCUT2D eigenvalue weighted by atomic mass is 35.5. The second-order valence-electron chi connectivity index (χ2n) is 4.31. The fraction of sp³-hybridized carbons (Fsp3) is 0.364. The molecule has 0 amide bonds. The summed E-state index contributed by atoms with van der Waals surface area (Å²) in [4.78, 5) is 10.8. The molecule has 0 heterocycles. The van der Waals surface area contributed by atoms with E-state index in [1.165, 1.54) is 13.8 Å². The number of carboxylic acid groups (broad SMARTS) is 1. The van der Waals surface area contributed by atoms with E-state index < -0.39 is 45.8 Å². The van der Waals surface area contributed by atoms with Gasteiger partial charge >= 0.3 is 5.97 Å². The molecule has 1 rings (SSSR count). The first kappa shape index (κ1) is 13.8. The van der Waals surface area contributed by atoms with Crippen LogP contribution in [0.25, 0.3) is 0 Å². The average molecular weight is 267 g/mol. The van der Waals surface area contributed by atoms with Gasteiger partial charge in [-0.15, -0.1) is 0 Å². The lowest BCUT2D eigenvalue weighted by Gasteiger charge is -2.20. The van der Waals surface area contributed by atoms with Gasteiger partial charge in [-0.3, -0.25) is 4.79 Å². The van der Waals surface area contributed by atoms with Crippen LogP contribution in [-0.4, -0.2) is 11.1 Å². The van der Waals surface area contributed by atoms with Crippen molar-refractivity contribution in [2.75, 3.05) is 0 Å². The maximum absolute atomic E-state index is 13.5. The molecule has 1 aromatic carbocycles. The number of benzene rings is 1. The fourth-order valence-corrected chi connectivity index (χ4v) is 1.45. The Bertz CT molecular complexity index is 472. The molecule has 0 fully saturated rings. The summed E-state index contributed by atoms with van der Waals surface area (Å²) in [6, 6.07) is 0.443. The zero-order chi connectivity index (χ0) is 13.4. The SMILES string of the molecule is CC(C)(Cc1c(F)cc(F)c(Cl)c1F)C(=O)O. The van der Waals surface area contributed by atoms with Crippen molar-refractivity contribution in [2.45, 2.75) is 20.3 Å². The molecule has 0 aliphatic heterocycles. The van der Waals surface area contributed by atoms with Crippen LogP contribution in [0.1, 0.15) is 19.4 Å². The Labute approximate surface area is 101 Å². The largest absolute Gasteiger partial charge is 0.481 e. The van der Waals surface area contributed by atoms with Gasteiger partial charge in [0.05, 0.1) is 5.41 Å². The second-order valence-corrected chi connectivity index (χ2v) is 4.69. The standard InChI is InChI=1S/C11H10ClF3O2/c1-11(2,10(16)17)4-5-6(13)3-7(14)8(12)9(5)15/h3H,4H2,1-2H3,(H,16,17). The van der Waals surface area contributed by atoms with Gasteiger partial charge in [-0.05, 0) is 20.3 Å². The van der Waals surface area contributed by atoms with Gasteiger partial charge in [0.2, 0.25) is 0 Å². The molecule has 0 saturated carbocycles. The Morgan fingerprint density at radius 2 is 1.88 bits per heavy atom. The van der Waals surface area contributed by atoms with E-state index in [4.69, 9.17) is 16.7 Å². The highest BCUT2D eigenvalue weighted by Gasteiger charge is 2.31. The van der Waals surface area contributed by atoms with Crippen LogP contribution < -0.4 is 0 Å². The van der Waals surface area contributed by atoms with Crippen molar-refractivity contribution in [1.29, 1.82) is 0 Å². The topological polar surface area (TPSA) is 37.3 Å². The molecule has 0 saturated heterocycles. The second kappa shape index (κ2) is 4.56. The Morgan fingerprint density at radius 1 is 1.35 bits per heavy atom. The molecule has 2 nitrogen and oxygen atoms in total. The maximum atomic E-state index is 13.5. The van der Waals surface area contributed by atoms with Crippen molar-refractivity contribution in [2.24, 2.45) is 5.41 Å². The van der Waals surface area contributed by atoms with Gasteiger partial charge in [-0.2, -0.15) is 0 Å². The third kappa shape index (κ3) is 2.72. The Kier molecular flexibility index (Phi) is 3.71. The lowest BCUT2D eigenvalue weighted by atomic mass is 9.85. The summed E-state index contributed by atoms with van der Waals surface area (Å²) in [5.41, 5.74) is -1.90. The number of hydrogen-bond acceptors (Lipinski definition) is 1. The molecule has 0 aliphatic carbocycles. The number of aliphatic carboxylic acids is 1. The van der Waals surface area contributed by atoms with Crippen molar-refractivity contribution < 1.29 is 23.1 Å². The summed E-state index contributed by atoms with van der Waals surface area (Å²) >= 11 is 5.30. The quantitative estimate of drug-likeness (QED) is 0.672. The van der Waals surface area contributed by atoms with Crippen molar-refractivity contribution in [3.63, 3.8) is 0 Å². The monoisotopic (exact) mass is 266 g/mol. The van der Waals surface area contributed by atoms with E-state index in [2.05, 4.69) is 0 Å². The number of halogens is 4. The van der Waals surface area contributed by atoms with E-state index in [9.17, 15) is 18.0 Å². The highest BCUT2D eigenvalue weighted by Crippen LogP contribution is 2.30. The summed E-state index contributed by atoms with van der Waals surface area (Å²) in [6.45, 7) is 2.62. The number of rotatable bonds is 3. The predicted octanol–water partition coefficient (Wildman–Crippen LogP) is 3.41. The van der Waals surface area contributed by atoms with Gasteiger partial charge in [-0.25, -0.2) is 13.2 Å². The van der Waals surface area contributed by atoms with Crippen LogP contribution in [0.15, 0.2) is 6.07 Å². The summed E-state index contributed by atoms with van der Waals surface area (Å²) in [6.07, 6.45) is -0.417. The molecule has 0 aromatic heterocycles. The van der Waals surface area contributed by atoms with Crippen molar-refractivity contribution >= 4 is 17.6 Å². The van der Waals surface area contributed by atoms with Crippen LogP contribution in [0.3, 0.4) is 0 Å². The zero-order valence-corrected chi connectivity index (χ0v) is 9.91. The number of carboxylic acids is 1. The van der Waals surface area contributed by atoms with Crippen LogP contribution in [0.2, 0.25) is 5.02 Å². The van der Waals surface area contributed by atoms with Crippen molar-refractivity contribution in [3.8, 4) is 0 Å². The van der Waals surface area contributed by atoms with E-state index >= 15 is 0 Å². The summed E-state index contributed by atoms with van der Waals surface area (Å²) < 4.78 is 39.7. The molecule has 94 valence electrons. The Hall–Kier alpha value is -1.23. The van der Waals surface area contributed by atoms with Crippen LogP contribution >= 0.6 is 11.6 Å². The lowest BCUT2D eigenvalue weighted by Crippen LogP contribution is -2.27. The van der Waals surface area contributed by atoms with Crippen LogP contribution in [0.4, 0.5) is 13.2 Å². The number of hydrogen-bond donors (Lipinski definition) is 1. The zero-order valence-electron chi connectivity index (χ0n) is 9.15. The van der Waals surface area contributed by atoms with E-state index in [0.717, 1.165) is 0 Å². The maximum Gasteiger partial charge on any atom is 0.309 e. The minimum Gasteiger partial charge on any atom is -0.481 e. The first-order valence-corrected chi connectivity index (χ1v) is 5.10. The smallest absolute Gasteiger partial charge is 0.309 e.